The lowest BCUT2D eigenvalue weighted by Crippen LogP contribution is -3.00. The van der Waals surface area contributed by atoms with Gasteiger partial charge in [-0.15, -0.1) is 0 Å². The molecule has 4 aromatic heterocycles. The Hall–Kier alpha value is -4.98. The summed E-state index contributed by atoms with van der Waals surface area (Å²) in [5, 5.41) is 10.8. The zero-order chi connectivity index (χ0) is 27.7. The Morgan fingerprint density at radius 1 is 0.595 bits per heavy atom. The summed E-state index contributed by atoms with van der Waals surface area (Å²) in [6.45, 7) is 1.87. The Bertz CT molecular complexity index is 1650. The van der Waals surface area contributed by atoms with E-state index >= 15 is 0 Å². The van der Waals surface area contributed by atoms with E-state index in [1.807, 2.05) is 90.9 Å². The van der Waals surface area contributed by atoms with Crippen molar-refractivity contribution >= 4 is 5.69 Å². The highest BCUT2D eigenvalue weighted by Crippen LogP contribution is 2.19. The van der Waals surface area contributed by atoms with Crippen LogP contribution in [0.4, 0.5) is 5.69 Å². The van der Waals surface area contributed by atoms with Gasteiger partial charge in [-0.2, -0.15) is 9.13 Å². The molecular formula is C33H27Cl2N5O2. The van der Waals surface area contributed by atoms with Gasteiger partial charge in [-0.05, 0) is 53.4 Å². The van der Waals surface area contributed by atoms with Crippen LogP contribution < -0.4 is 33.9 Å². The van der Waals surface area contributed by atoms with Crippen molar-refractivity contribution in [3.8, 4) is 33.6 Å². The molecule has 6 rings (SSSR count). The number of para-hydroxylation sites is 1. The van der Waals surface area contributed by atoms with Crippen LogP contribution in [0.3, 0.4) is 0 Å². The number of hydrogen-bond acceptors (Lipinski definition) is 4. The maximum absolute atomic E-state index is 10.8. The predicted molar refractivity (Wildman–Crippen MR) is 154 cm³/mol. The second-order valence-corrected chi connectivity index (χ2v) is 9.02. The summed E-state index contributed by atoms with van der Waals surface area (Å²) >= 11 is 0. The van der Waals surface area contributed by atoms with E-state index in [0.29, 0.717) is 0 Å². The van der Waals surface area contributed by atoms with Crippen LogP contribution in [0, 0.1) is 17.0 Å². The number of benzene rings is 2. The minimum absolute atomic E-state index is 0. The fourth-order valence-electron chi connectivity index (χ4n) is 4.30. The molecule has 0 unspecified atom stereocenters. The minimum atomic E-state index is -0.381. The van der Waals surface area contributed by atoms with E-state index in [9.17, 15) is 10.1 Å². The fourth-order valence-corrected chi connectivity index (χ4v) is 4.30. The van der Waals surface area contributed by atoms with Crippen LogP contribution in [-0.4, -0.2) is 14.9 Å². The van der Waals surface area contributed by atoms with E-state index in [1.165, 1.54) is 22.9 Å². The summed E-state index contributed by atoms with van der Waals surface area (Å²) in [5.74, 6) is 0. The zero-order valence-electron chi connectivity index (χ0n) is 22.7. The largest absolute Gasteiger partial charge is 1.00 e. The number of nitro benzene ring substituents is 1. The van der Waals surface area contributed by atoms with Gasteiger partial charge in [-0.25, -0.2) is 0 Å². The first kappa shape index (κ1) is 31.5. The van der Waals surface area contributed by atoms with Crippen molar-refractivity contribution < 1.29 is 38.9 Å². The van der Waals surface area contributed by atoms with E-state index in [4.69, 9.17) is 0 Å². The Morgan fingerprint density at radius 3 is 1.50 bits per heavy atom. The number of non-ortho nitro benzene ring substituents is 1. The molecule has 0 saturated carbocycles. The number of rotatable bonds is 5. The van der Waals surface area contributed by atoms with Crippen molar-refractivity contribution in [2.24, 2.45) is 0 Å². The number of aryl methyl sites for hydroxylation is 1. The molecule has 6 aromatic rings. The summed E-state index contributed by atoms with van der Waals surface area (Å²) in [5.41, 5.74) is 7.63. The molecule has 0 fully saturated rings. The molecule has 0 spiro atoms. The van der Waals surface area contributed by atoms with E-state index in [2.05, 4.69) is 51.2 Å². The highest BCUT2D eigenvalue weighted by Gasteiger charge is 2.14. The van der Waals surface area contributed by atoms with E-state index < -0.39 is 0 Å². The summed E-state index contributed by atoms with van der Waals surface area (Å²) in [6, 6.07) is 31.3. The number of aromatic nitrogens is 4. The first-order chi connectivity index (χ1) is 19.6. The van der Waals surface area contributed by atoms with Crippen LogP contribution in [0.5, 0.6) is 0 Å². The quantitative estimate of drug-likeness (QED) is 0.163. The van der Waals surface area contributed by atoms with Crippen molar-refractivity contribution in [1.29, 1.82) is 0 Å². The van der Waals surface area contributed by atoms with E-state index in [0.717, 1.165) is 22.4 Å². The van der Waals surface area contributed by atoms with Crippen LogP contribution >= 0.6 is 0 Å². The predicted octanol–water partition coefficient (Wildman–Crippen LogP) is 0.275. The van der Waals surface area contributed by atoms with Gasteiger partial charge in [0.1, 0.15) is 0 Å². The molecule has 9 heteroatoms. The molecule has 0 aliphatic carbocycles. The van der Waals surface area contributed by atoms with Gasteiger partial charge in [0.2, 0.25) is 11.4 Å². The Kier molecular flexibility index (Phi) is 11.4. The van der Waals surface area contributed by atoms with Gasteiger partial charge < -0.3 is 24.8 Å². The van der Waals surface area contributed by atoms with Crippen molar-refractivity contribution in [3.05, 3.63) is 162 Å². The van der Waals surface area contributed by atoms with Crippen LogP contribution in [-0.2, 0) is 0 Å². The molecule has 2 aromatic carbocycles. The number of hydrogen-bond donors (Lipinski definition) is 0. The monoisotopic (exact) mass is 595 g/mol. The average molecular weight is 597 g/mol. The minimum Gasteiger partial charge on any atom is -1.00 e. The molecule has 0 aliphatic heterocycles. The first-order valence-corrected chi connectivity index (χ1v) is 12.7. The molecule has 0 aliphatic rings. The standard InChI is InChI=1S/C17H14N3O2.C16H13N2.2ClH/c1-13-12-16(20(21)22)2-3-17(13)19-10-6-15(7-11-19)14-4-8-18-9-5-14;1-2-4-16(5-3-1)18-12-8-15(9-13-18)14-6-10-17-11-7-14;;/h2-12H,1H3;1-13H;2*1H/q2*+1;;/p-2. The van der Waals surface area contributed by atoms with Gasteiger partial charge >= 0.3 is 0 Å². The fraction of sp³-hybridized carbons (Fsp3) is 0.0303. The molecule has 0 saturated heterocycles. The zero-order valence-corrected chi connectivity index (χ0v) is 24.2. The molecular weight excluding hydrogens is 569 g/mol. The first-order valence-electron chi connectivity index (χ1n) is 12.7. The highest BCUT2D eigenvalue weighted by atomic mass is 35.5. The molecule has 0 bridgehead atoms. The Morgan fingerprint density at radius 2 is 1.05 bits per heavy atom. The summed E-state index contributed by atoms with van der Waals surface area (Å²) in [7, 11) is 0. The van der Waals surface area contributed by atoms with Gasteiger partial charge in [0, 0.05) is 84.9 Å². The number of nitrogens with zero attached hydrogens (tertiary/aromatic N) is 5. The van der Waals surface area contributed by atoms with E-state index in [1.54, 1.807) is 24.5 Å². The van der Waals surface area contributed by atoms with Crippen molar-refractivity contribution in [2.75, 3.05) is 0 Å². The highest BCUT2D eigenvalue weighted by molar-refractivity contribution is 5.62. The molecule has 210 valence electrons. The molecule has 7 nitrogen and oxygen atoms in total. The third kappa shape index (κ3) is 7.81. The molecule has 42 heavy (non-hydrogen) atoms. The van der Waals surface area contributed by atoms with Gasteiger partial charge in [-0.1, -0.05) is 18.2 Å². The van der Waals surface area contributed by atoms with E-state index in [-0.39, 0.29) is 35.4 Å². The second-order valence-electron chi connectivity index (χ2n) is 9.02. The van der Waals surface area contributed by atoms with Gasteiger partial charge in [0.05, 0.1) is 4.92 Å². The maximum Gasteiger partial charge on any atom is 0.270 e. The maximum atomic E-state index is 10.8. The van der Waals surface area contributed by atoms with Crippen LogP contribution in [0.1, 0.15) is 5.56 Å². The Balaban J connectivity index is 0.000000224. The van der Waals surface area contributed by atoms with Crippen LogP contribution in [0.25, 0.3) is 33.6 Å². The lowest BCUT2D eigenvalue weighted by Gasteiger charge is -2.02. The van der Waals surface area contributed by atoms with Gasteiger partial charge in [0.25, 0.3) is 5.69 Å². The summed E-state index contributed by atoms with van der Waals surface area (Å²) in [6.07, 6.45) is 15.2. The normalized spacial score (nSPS) is 9.83. The van der Waals surface area contributed by atoms with Crippen LogP contribution in [0.2, 0.25) is 0 Å². The third-order valence-electron chi connectivity index (χ3n) is 6.41. The van der Waals surface area contributed by atoms with Crippen molar-refractivity contribution in [2.45, 2.75) is 6.92 Å². The smallest absolute Gasteiger partial charge is 0.270 e. The molecule has 0 radical (unpaired) electrons. The topological polar surface area (TPSA) is 76.7 Å². The van der Waals surface area contributed by atoms with Gasteiger partial charge in [0.15, 0.2) is 24.8 Å². The second kappa shape index (κ2) is 15.1. The number of pyridine rings is 4. The molecule has 0 atom stereocenters. The SMILES string of the molecule is Cc1cc([N+](=O)[O-])ccc1-[n+]1ccc(-c2ccncc2)cc1.[Cl-].[Cl-].c1ccc(-[n+]2ccc(-c3ccncc3)cc2)cc1. The van der Waals surface area contributed by atoms with Crippen LogP contribution in [0.15, 0.2) is 147 Å². The Labute approximate surface area is 256 Å². The molecule has 4 heterocycles. The van der Waals surface area contributed by atoms with Crippen molar-refractivity contribution in [3.63, 3.8) is 0 Å². The summed E-state index contributed by atoms with van der Waals surface area (Å²) < 4.78 is 4.05. The molecule has 0 amide bonds. The average Bonchev–Trinajstić information content (AvgIpc) is 3.03. The lowest BCUT2D eigenvalue weighted by atomic mass is 10.1. The number of nitro groups is 1. The lowest BCUT2D eigenvalue weighted by molar-refractivity contribution is -0.596. The van der Waals surface area contributed by atoms with Crippen molar-refractivity contribution in [1.82, 2.24) is 9.97 Å². The molecule has 0 N–H and O–H groups in total. The summed E-state index contributed by atoms with van der Waals surface area (Å²) in [4.78, 5) is 18.5. The number of halogens is 2. The van der Waals surface area contributed by atoms with Gasteiger partial charge in [-0.3, -0.25) is 20.1 Å². The third-order valence-corrected chi connectivity index (χ3v) is 6.41.